The summed E-state index contributed by atoms with van der Waals surface area (Å²) in [6.45, 7) is 3.40. The van der Waals surface area contributed by atoms with Crippen LogP contribution in [0.3, 0.4) is 0 Å². The van der Waals surface area contributed by atoms with Gasteiger partial charge in [0.25, 0.3) is 0 Å². The van der Waals surface area contributed by atoms with Gasteiger partial charge in [0.2, 0.25) is 21.8 Å². The van der Waals surface area contributed by atoms with Crippen LogP contribution in [-0.2, 0) is 26.2 Å². The minimum absolute atomic E-state index is 0.0234. The van der Waals surface area contributed by atoms with Crippen LogP contribution in [0.4, 0.5) is 10.1 Å². The lowest BCUT2D eigenvalue weighted by Crippen LogP contribution is -2.51. The van der Waals surface area contributed by atoms with Gasteiger partial charge in [0.05, 0.1) is 19.1 Å². The molecular formula is C23H30FN3O5S. The van der Waals surface area contributed by atoms with Gasteiger partial charge in [-0.2, -0.15) is 0 Å². The van der Waals surface area contributed by atoms with Gasteiger partial charge in [-0.25, -0.2) is 12.8 Å². The van der Waals surface area contributed by atoms with Crippen molar-refractivity contribution in [3.05, 3.63) is 59.9 Å². The molecule has 0 aliphatic carbocycles. The average molecular weight is 480 g/mol. The molecule has 0 heterocycles. The minimum Gasteiger partial charge on any atom is -0.497 e. The Morgan fingerprint density at radius 2 is 1.85 bits per heavy atom. The maximum absolute atomic E-state index is 13.7. The van der Waals surface area contributed by atoms with Gasteiger partial charge in [-0.05, 0) is 49.2 Å². The molecule has 1 unspecified atom stereocenters. The number of amides is 2. The number of ether oxygens (including phenoxy) is 1. The number of methoxy groups -OCH3 is 1. The first kappa shape index (κ1) is 26.1. The predicted molar refractivity (Wildman–Crippen MR) is 125 cm³/mol. The summed E-state index contributed by atoms with van der Waals surface area (Å²) in [6, 6.07) is 11.1. The summed E-state index contributed by atoms with van der Waals surface area (Å²) in [6.07, 6.45) is 1.67. The van der Waals surface area contributed by atoms with Crippen molar-refractivity contribution < 1.29 is 27.1 Å². The normalized spacial score (nSPS) is 12.0. The number of sulfonamides is 1. The molecule has 0 aromatic heterocycles. The Hall–Kier alpha value is -3.14. The van der Waals surface area contributed by atoms with E-state index in [2.05, 4.69) is 5.32 Å². The van der Waals surface area contributed by atoms with Crippen LogP contribution in [0.25, 0.3) is 0 Å². The molecule has 0 aliphatic heterocycles. The zero-order valence-electron chi connectivity index (χ0n) is 19.2. The van der Waals surface area contributed by atoms with Crippen molar-refractivity contribution in [2.24, 2.45) is 0 Å². The number of nitrogens with zero attached hydrogens (tertiary/aromatic N) is 2. The summed E-state index contributed by atoms with van der Waals surface area (Å²) in [5, 5.41) is 2.76. The van der Waals surface area contributed by atoms with Crippen LogP contribution >= 0.6 is 0 Å². The van der Waals surface area contributed by atoms with Gasteiger partial charge in [-0.15, -0.1) is 0 Å². The number of halogens is 1. The fourth-order valence-electron chi connectivity index (χ4n) is 3.19. The van der Waals surface area contributed by atoms with Gasteiger partial charge in [-0.1, -0.05) is 25.1 Å². The highest BCUT2D eigenvalue weighted by atomic mass is 32.2. The Morgan fingerprint density at radius 3 is 2.45 bits per heavy atom. The van der Waals surface area contributed by atoms with Gasteiger partial charge in [0.1, 0.15) is 24.2 Å². The lowest BCUT2D eigenvalue weighted by Gasteiger charge is -2.31. The molecule has 0 spiro atoms. The van der Waals surface area contributed by atoms with Crippen molar-refractivity contribution in [3.63, 3.8) is 0 Å². The van der Waals surface area contributed by atoms with Crippen molar-refractivity contribution in [3.8, 4) is 5.75 Å². The summed E-state index contributed by atoms with van der Waals surface area (Å²) in [7, 11) is -2.39. The van der Waals surface area contributed by atoms with Crippen molar-refractivity contribution >= 4 is 27.5 Å². The number of benzene rings is 2. The molecule has 0 fully saturated rings. The molecule has 180 valence electrons. The van der Waals surface area contributed by atoms with Gasteiger partial charge in [0.15, 0.2) is 0 Å². The summed E-state index contributed by atoms with van der Waals surface area (Å²) < 4.78 is 44.6. The van der Waals surface area contributed by atoms with E-state index in [1.165, 1.54) is 30.2 Å². The first-order valence-corrected chi connectivity index (χ1v) is 12.3. The molecule has 2 aromatic rings. The maximum Gasteiger partial charge on any atom is 0.244 e. The lowest BCUT2D eigenvalue weighted by molar-refractivity contribution is -0.139. The highest BCUT2D eigenvalue weighted by molar-refractivity contribution is 7.92. The second-order valence-electron chi connectivity index (χ2n) is 7.59. The summed E-state index contributed by atoms with van der Waals surface area (Å²) in [5.41, 5.74) is 0.727. The van der Waals surface area contributed by atoms with E-state index in [-0.39, 0.29) is 18.1 Å². The van der Waals surface area contributed by atoms with E-state index in [1.807, 2.05) is 6.92 Å². The standard InChI is InChI=1S/C23H30FN3O5S/c1-5-12-25-23(29)17(2)26(15-18-8-6-11-21(13-18)32-3)22(28)16-27(33(4,30)31)20-10-7-9-19(24)14-20/h6-11,13-14,17H,5,12,15-16H2,1-4H3,(H,25,29). The Morgan fingerprint density at radius 1 is 1.15 bits per heavy atom. The second kappa shape index (κ2) is 11.6. The zero-order valence-corrected chi connectivity index (χ0v) is 20.1. The van der Waals surface area contributed by atoms with Crippen LogP contribution in [0.2, 0.25) is 0 Å². The first-order valence-electron chi connectivity index (χ1n) is 10.5. The Bertz CT molecular complexity index is 1080. The zero-order chi connectivity index (χ0) is 24.6. The molecular weight excluding hydrogens is 449 g/mol. The lowest BCUT2D eigenvalue weighted by atomic mass is 10.1. The number of rotatable bonds is 11. The predicted octanol–water partition coefficient (Wildman–Crippen LogP) is 2.54. The molecule has 0 aliphatic rings. The monoisotopic (exact) mass is 479 g/mol. The quantitative estimate of drug-likeness (QED) is 0.534. The minimum atomic E-state index is -3.91. The molecule has 33 heavy (non-hydrogen) atoms. The van der Waals surface area contributed by atoms with E-state index in [4.69, 9.17) is 4.74 Å². The Labute approximate surface area is 194 Å². The van der Waals surface area contributed by atoms with Crippen LogP contribution in [0.5, 0.6) is 5.75 Å². The van der Waals surface area contributed by atoms with Gasteiger partial charge in [-0.3, -0.25) is 13.9 Å². The summed E-state index contributed by atoms with van der Waals surface area (Å²) in [4.78, 5) is 27.3. The van der Waals surface area contributed by atoms with Gasteiger partial charge >= 0.3 is 0 Å². The first-order chi connectivity index (χ1) is 15.6. The molecule has 2 rings (SSSR count). The van der Waals surface area contributed by atoms with Gasteiger partial charge in [0, 0.05) is 13.1 Å². The molecule has 0 saturated carbocycles. The molecule has 0 bridgehead atoms. The fourth-order valence-corrected chi connectivity index (χ4v) is 4.03. The Kier molecular flexibility index (Phi) is 9.22. The molecule has 0 saturated heterocycles. The average Bonchev–Trinajstić information content (AvgIpc) is 2.78. The number of carbonyl (C=O) groups is 2. The highest BCUT2D eigenvalue weighted by Gasteiger charge is 2.30. The van der Waals surface area contributed by atoms with E-state index in [1.54, 1.807) is 31.2 Å². The molecule has 0 radical (unpaired) electrons. The molecule has 1 N–H and O–H groups in total. The molecule has 2 aromatic carbocycles. The van der Waals surface area contributed by atoms with Crippen LogP contribution in [0.1, 0.15) is 25.8 Å². The number of anilines is 1. The number of hydrogen-bond acceptors (Lipinski definition) is 5. The van der Waals surface area contributed by atoms with Crippen LogP contribution in [0, 0.1) is 5.82 Å². The Balaban J connectivity index is 2.38. The van der Waals surface area contributed by atoms with Crippen molar-refractivity contribution in [1.82, 2.24) is 10.2 Å². The smallest absolute Gasteiger partial charge is 0.244 e. The van der Waals surface area contributed by atoms with E-state index in [9.17, 15) is 22.4 Å². The number of hydrogen-bond donors (Lipinski definition) is 1. The van der Waals surface area contributed by atoms with E-state index >= 15 is 0 Å². The van der Waals surface area contributed by atoms with Crippen molar-refractivity contribution in [1.29, 1.82) is 0 Å². The van der Waals surface area contributed by atoms with E-state index in [0.717, 1.165) is 23.0 Å². The van der Waals surface area contributed by atoms with Crippen molar-refractivity contribution in [2.75, 3.05) is 30.8 Å². The SMILES string of the molecule is CCCNC(=O)C(C)N(Cc1cccc(OC)c1)C(=O)CN(c1cccc(F)c1)S(C)(=O)=O. The maximum atomic E-state index is 13.7. The third-order valence-electron chi connectivity index (χ3n) is 4.98. The summed E-state index contributed by atoms with van der Waals surface area (Å²) >= 11 is 0. The van der Waals surface area contributed by atoms with Crippen LogP contribution in [0.15, 0.2) is 48.5 Å². The summed E-state index contributed by atoms with van der Waals surface area (Å²) in [5.74, 6) is -1.01. The fraction of sp³-hybridized carbons (Fsp3) is 0.391. The number of carbonyl (C=O) groups excluding carboxylic acids is 2. The van der Waals surface area contributed by atoms with Gasteiger partial charge < -0.3 is 15.0 Å². The van der Waals surface area contributed by atoms with Crippen LogP contribution in [-0.4, -0.2) is 57.6 Å². The molecule has 1 atom stereocenters. The largest absolute Gasteiger partial charge is 0.497 e. The molecule has 2 amide bonds. The van der Waals surface area contributed by atoms with Crippen LogP contribution < -0.4 is 14.4 Å². The molecule has 8 nitrogen and oxygen atoms in total. The topological polar surface area (TPSA) is 96.0 Å². The second-order valence-corrected chi connectivity index (χ2v) is 9.50. The van der Waals surface area contributed by atoms with E-state index < -0.39 is 34.3 Å². The molecule has 10 heteroatoms. The number of nitrogens with one attached hydrogen (secondary N) is 1. The third kappa shape index (κ3) is 7.45. The van der Waals surface area contributed by atoms with E-state index in [0.29, 0.717) is 17.9 Å². The van der Waals surface area contributed by atoms with Crippen molar-refractivity contribution in [2.45, 2.75) is 32.9 Å². The third-order valence-corrected chi connectivity index (χ3v) is 6.12. The highest BCUT2D eigenvalue weighted by Crippen LogP contribution is 2.21.